The predicted molar refractivity (Wildman–Crippen MR) is 119 cm³/mol. The summed E-state index contributed by atoms with van der Waals surface area (Å²) in [6, 6.07) is 11.5. The van der Waals surface area contributed by atoms with Crippen LogP contribution in [0.1, 0.15) is 27.6 Å². The van der Waals surface area contributed by atoms with E-state index in [1.807, 2.05) is 0 Å². The van der Waals surface area contributed by atoms with Crippen LogP contribution in [0.5, 0.6) is 0 Å². The quantitative estimate of drug-likeness (QED) is 0.693. The first-order valence-corrected chi connectivity index (χ1v) is 10.6. The highest BCUT2D eigenvalue weighted by Crippen LogP contribution is 2.36. The predicted octanol–water partition coefficient (Wildman–Crippen LogP) is 2.64. The van der Waals surface area contributed by atoms with Crippen molar-refractivity contribution in [3.63, 3.8) is 0 Å². The van der Waals surface area contributed by atoms with Crippen LogP contribution >= 0.6 is 11.8 Å². The highest BCUT2D eigenvalue weighted by Gasteiger charge is 2.28. The first-order valence-electron chi connectivity index (χ1n) is 9.66. The van der Waals surface area contributed by atoms with Gasteiger partial charge >= 0.3 is 5.97 Å². The number of thioether (sulfide) groups is 1. The lowest BCUT2D eigenvalue weighted by Crippen LogP contribution is -2.41. The summed E-state index contributed by atoms with van der Waals surface area (Å²) in [4.78, 5) is 52.8. The lowest BCUT2D eigenvalue weighted by molar-refractivity contribution is -0.120. The number of hydrogen-bond donors (Lipinski definition) is 1. The van der Waals surface area contributed by atoms with Crippen LogP contribution in [0.25, 0.3) is 0 Å². The van der Waals surface area contributed by atoms with Gasteiger partial charge in [-0.05, 0) is 49.4 Å². The van der Waals surface area contributed by atoms with Gasteiger partial charge in [0.1, 0.15) is 6.54 Å². The maximum Gasteiger partial charge on any atom is 0.338 e. The highest BCUT2D eigenvalue weighted by molar-refractivity contribution is 8.00. The third-order valence-corrected chi connectivity index (χ3v) is 5.58. The van der Waals surface area contributed by atoms with E-state index in [1.54, 1.807) is 63.5 Å². The summed E-state index contributed by atoms with van der Waals surface area (Å²) < 4.78 is 4.94. The molecule has 0 unspecified atom stereocenters. The van der Waals surface area contributed by atoms with Crippen molar-refractivity contribution >= 4 is 46.8 Å². The molecular formula is C22H23N3O5S. The molecule has 0 aromatic heterocycles. The number of ether oxygens (including phenoxy) is 1. The minimum atomic E-state index is -0.434. The van der Waals surface area contributed by atoms with E-state index in [9.17, 15) is 19.2 Å². The molecule has 8 nitrogen and oxygen atoms in total. The number of hydrogen-bond acceptors (Lipinski definition) is 6. The third kappa shape index (κ3) is 5.24. The number of amides is 3. The topological polar surface area (TPSA) is 96.0 Å². The summed E-state index contributed by atoms with van der Waals surface area (Å²) in [7, 11) is 3.31. The van der Waals surface area contributed by atoms with Crippen LogP contribution in [0.2, 0.25) is 0 Å². The Labute approximate surface area is 184 Å². The molecule has 1 aliphatic heterocycles. The number of benzene rings is 2. The van der Waals surface area contributed by atoms with Gasteiger partial charge in [-0.25, -0.2) is 4.79 Å². The molecular weight excluding hydrogens is 418 g/mol. The summed E-state index contributed by atoms with van der Waals surface area (Å²) in [6.45, 7) is 1.82. The summed E-state index contributed by atoms with van der Waals surface area (Å²) >= 11 is 1.38. The Kier molecular flexibility index (Phi) is 6.96. The molecule has 0 aliphatic carbocycles. The Morgan fingerprint density at radius 1 is 1.10 bits per heavy atom. The number of fused-ring (bicyclic) bond motifs is 1. The second kappa shape index (κ2) is 9.65. The van der Waals surface area contributed by atoms with Gasteiger partial charge in [0.25, 0.3) is 5.91 Å². The van der Waals surface area contributed by atoms with Crippen LogP contribution in [0.15, 0.2) is 47.4 Å². The molecule has 3 amide bonds. The second-order valence-electron chi connectivity index (χ2n) is 7.00. The Morgan fingerprint density at radius 2 is 1.77 bits per heavy atom. The molecule has 0 radical (unpaired) electrons. The van der Waals surface area contributed by atoms with Crippen LogP contribution in [-0.4, -0.2) is 61.6 Å². The molecule has 1 heterocycles. The first-order chi connectivity index (χ1) is 14.8. The maximum atomic E-state index is 12.6. The first kappa shape index (κ1) is 22.4. The Hall–Kier alpha value is -3.33. The van der Waals surface area contributed by atoms with Crippen molar-refractivity contribution in [2.75, 3.05) is 43.2 Å². The molecule has 31 heavy (non-hydrogen) atoms. The van der Waals surface area contributed by atoms with Crippen molar-refractivity contribution in [1.82, 2.24) is 4.90 Å². The van der Waals surface area contributed by atoms with Gasteiger partial charge < -0.3 is 19.9 Å². The molecule has 1 aliphatic rings. The molecule has 162 valence electrons. The monoisotopic (exact) mass is 441 g/mol. The largest absolute Gasteiger partial charge is 0.462 e. The van der Waals surface area contributed by atoms with Gasteiger partial charge in [-0.2, -0.15) is 0 Å². The molecule has 0 fully saturated rings. The average Bonchev–Trinajstić information content (AvgIpc) is 2.75. The van der Waals surface area contributed by atoms with Crippen molar-refractivity contribution < 1.29 is 23.9 Å². The minimum Gasteiger partial charge on any atom is -0.462 e. The van der Waals surface area contributed by atoms with E-state index in [1.165, 1.54) is 21.6 Å². The molecule has 0 atom stereocenters. The lowest BCUT2D eigenvalue weighted by atomic mass is 10.1. The summed E-state index contributed by atoms with van der Waals surface area (Å²) in [6.07, 6.45) is 0. The van der Waals surface area contributed by atoms with E-state index >= 15 is 0 Å². The maximum absolute atomic E-state index is 12.6. The Morgan fingerprint density at radius 3 is 2.42 bits per heavy atom. The van der Waals surface area contributed by atoms with E-state index in [4.69, 9.17) is 4.74 Å². The second-order valence-corrected chi connectivity index (χ2v) is 8.01. The number of rotatable bonds is 6. The molecule has 2 aromatic carbocycles. The van der Waals surface area contributed by atoms with E-state index in [0.29, 0.717) is 22.5 Å². The van der Waals surface area contributed by atoms with Gasteiger partial charge in [0.2, 0.25) is 11.8 Å². The van der Waals surface area contributed by atoms with E-state index < -0.39 is 5.97 Å². The normalized spacial score (nSPS) is 12.7. The minimum absolute atomic E-state index is 0.183. The van der Waals surface area contributed by atoms with Crippen molar-refractivity contribution in [2.24, 2.45) is 0 Å². The van der Waals surface area contributed by atoms with Crippen molar-refractivity contribution in [3.8, 4) is 0 Å². The molecule has 9 heteroatoms. The zero-order valence-electron chi connectivity index (χ0n) is 17.5. The van der Waals surface area contributed by atoms with Gasteiger partial charge in [-0.1, -0.05) is 0 Å². The fourth-order valence-corrected chi connectivity index (χ4v) is 3.93. The highest BCUT2D eigenvalue weighted by atomic mass is 32.2. The van der Waals surface area contributed by atoms with Crippen molar-refractivity contribution in [3.05, 3.63) is 53.6 Å². The van der Waals surface area contributed by atoms with Crippen molar-refractivity contribution in [1.29, 1.82) is 0 Å². The lowest BCUT2D eigenvalue weighted by Gasteiger charge is -2.29. The fourth-order valence-electron chi connectivity index (χ4n) is 3.01. The molecule has 2 aromatic rings. The van der Waals surface area contributed by atoms with E-state index in [0.717, 1.165) is 4.90 Å². The molecule has 0 saturated carbocycles. The van der Waals surface area contributed by atoms with Crippen LogP contribution in [-0.2, 0) is 14.3 Å². The number of anilines is 2. The summed E-state index contributed by atoms with van der Waals surface area (Å²) in [5.74, 6) is -0.997. The van der Waals surface area contributed by atoms with Crippen LogP contribution < -0.4 is 10.2 Å². The molecule has 3 rings (SSSR count). The number of nitrogens with one attached hydrogen (secondary N) is 1. The average molecular weight is 442 g/mol. The van der Waals surface area contributed by atoms with E-state index in [2.05, 4.69) is 5.32 Å². The SMILES string of the molecule is CCOC(=O)c1ccc(NC(=O)CN2C(=O)CSc3ccc(C(=O)N(C)C)cc32)cc1. The number of carbonyl (C=O) groups excluding carboxylic acids is 4. The van der Waals surface area contributed by atoms with Crippen LogP contribution in [0, 0.1) is 0 Å². The van der Waals surface area contributed by atoms with Crippen molar-refractivity contribution in [2.45, 2.75) is 11.8 Å². The smallest absolute Gasteiger partial charge is 0.338 e. The van der Waals surface area contributed by atoms with Crippen LogP contribution in [0.4, 0.5) is 11.4 Å². The Balaban J connectivity index is 1.74. The third-order valence-electron chi connectivity index (χ3n) is 4.54. The number of carbonyl (C=O) groups is 4. The summed E-state index contributed by atoms with van der Waals surface area (Å²) in [5, 5.41) is 2.73. The molecule has 0 spiro atoms. The molecule has 0 bridgehead atoms. The zero-order chi connectivity index (χ0) is 22.5. The Bertz CT molecular complexity index is 1020. The van der Waals surface area contributed by atoms with Gasteiger partial charge in [0, 0.05) is 30.2 Å². The number of nitrogens with zero attached hydrogens (tertiary/aromatic N) is 2. The van der Waals surface area contributed by atoms with Gasteiger partial charge in [-0.15, -0.1) is 11.8 Å². The van der Waals surface area contributed by atoms with Gasteiger partial charge in [0.05, 0.1) is 23.6 Å². The summed E-state index contributed by atoms with van der Waals surface area (Å²) in [5.41, 5.74) is 1.87. The van der Waals surface area contributed by atoms with E-state index in [-0.39, 0.29) is 36.6 Å². The standard InChI is InChI=1S/C22H23N3O5S/c1-4-30-22(29)14-5-8-16(9-6-14)23-19(26)12-25-17-11-15(21(28)24(2)3)7-10-18(17)31-13-20(25)27/h5-11H,4,12-13H2,1-3H3,(H,23,26). The fraction of sp³-hybridized carbons (Fsp3) is 0.273. The van der Waals surface area contributed by atoms with Gasteiger partial charge in [0.15, 0.2) is 0 Å². The number of esters is 1. The van der Waals surface area contributed by atoms with Gasteiger partial charge in [-0.3, -0.25) is 14.4 Å². The molecule has 0 saturated heterocycles. The molecule has 1 N–H and O–H groups in total. The zero-order valence-corrected chi connectivity index (χ0v) is 18.3. The van der Waals surface area contributed by atoms with Crippen LogP contribution in [0.3, 0.4) is 0 Å².